The van der Waals surface area contributed by atoms with E-state index in [4.69, 9.17) is 4.98 Å². The highest BCUT2D eigenvalue weighted by molar-refractivity contribution is 6.11. The zero-order chi connectivity index (χ0) is 34.2. The van der Waals surface area contributed by atoms with Gasteiger partial charge in [-0.1, -0.05) is 84.0 Å². The van der Waals surface area contributed by atoms with Gasteiger partial charge in [-0.05, 0) is 132 Å². The Hall–Kier alpha value is -4.37. The van der Waals surface area contributed by atoms with Crippen LogP contribution in [-0.2, 0) is 16.2 Å². The fourth-order valence-corrected chi connectivity index (χ4v) is 10.9. The van der Waals surface area contributed by atoms with E-state index in [1.54, 1.807) is 5.56 Å². The maximum absolute atomic E-state index is 5.12. The van der Waals surface area contributed by atoms with Crippen molar-refractivity contribution in [1.82, 2.24) is 14.1 Å². The highest BCUT2D eigenvalue weighted by Crippen LogP contribution is 2.61. The molecule has 7 aromatic rings. The van der Waals surface area contributed by atoms with Gasteiger partial charge in [0.1, 0.15) is 5.82 Å². The average Bonchev–Trinajstić information content (AvgIpc) is 3.59. The van der Waals surface area contributed by atoms with Gasteiger partial charge in [-0.15, -0.1) is 0 Å². The number of para-hydroxylation sites is 1. The normalized spacial score (nSPS) is 23.6. The summed E-state index contributed by atoms with van der Waals surface area (Å²) in [5.41, 5.74) is 10.9. The van der Waals surface area contributed by atoms with Crippen LogP contribution in [0.4, 0.5) is 0 Å². The number of hydrogen-bond acceptors (Lipinski definition) is 1. The Morgan fingerprint density at radius 2 is 1.10 bits per heavy atom. The Labute approximate surface area is 296 Å². The molecule has 11 rings (SSSR count). The molecule has 0 unspecified atom stereocenters. The van der Waals surface area contributed by atoms with Crippen molar-refractivity contribution in [2.75, 3.05) is 0 Å². The topological polar surface area (TPSA) is 22.8 Å². The van der Waals surface area contributed by atoms with Crippen LogP contribution in [-0.4, -0.2) is 14.1 Å². The van der Waals surface area contributed by atoms with Gasteiger partial charge < -0.3 is 4.57 Å². The molecule has 3 heterocycles. The third-order valence-electron chi connectivity index (χ3n) is 13.0. The quantitative estimate of drug-likeness (QED) is 0.186. The number of aromatic nitrogens is 3. The summed E-state index contributed by atoms with van der Waals surface area (Å²) in [4.78, 5) is 5.12. The smallest absolute Gasteiger partial charge is 0.139 e. The summed E-state index contributed by atoms with van der Waals surface area (Å²) in [6.07, 6.45) is 10.5. The van der Waals surface area contributed by atoms with Gasteiger partial charge in [0.25, 0.3) is 0 Å². The van der Waals surface area contributed by atoms with Crippen molar-refractivity contribution < 1.29 is 0 Å². The van der Waals surface area contributed by atoms with Crippen LogP contribution in [0, 0.1) is 17.8 Å². The van der Waals surface area contributed by atoms with Crippen molar-refractivity contribution >= 4 is 43.6 Å². The molecule has 0 N–H and O–H groups in total. The van der Waals surface area contributed by atoms with Gasteiger partial charge in [0.15, 0.2) is 0 Å². The maximum atomic E-state index is 5.12. The molecular formula is C47H49N3. The third-order valence-corrected chi connectivity index (χ3v) is 13.0. The molecule has 0 amide bonds. The summed E-state index contributed by atoms with van der Waals surface area (Å²) in [5, 5.41) is 5.25. The monoisotopic (exact) mass is 655 g/mol. The Morgan fingerprint density at radius 1 is 0.540 bits per heavy atom. The van der Waals surface area contributed by atoms with E-state index in [2.05, 4.69) is 142 Å². The van der Waals surface area contributed by atoms with Crippen molar-refractivity contribution in [2.45, 2.75) is 96.3 Å². The van der Waals surface area contributed by atoms with Crippen LogP contribution in [0.5, 0.6) is 0 Å². The molecule has 4 fully saturated rings. The van der Waals surface area contributed by atoms with E-state index < -0.39 is 0 Å². The fourth-order valence-electron chi connectivity index (χ4n) is 10.9. The predicted molar refractivity (Wildman–Crippen MR) is 210 cm³/mol. The van der Waals surface area contributed by atoms with Crippen molar-refractivity contribution in [3.05, 3.63) is 114 Å². The number of fused-ring (bicyclic) bond motifs is 6. The summed E-state index contributed by atoms with van der Waals surface area (Å²) >= 11 is 0. The molecule has 4 aliphatic carbocycles. The lowest BCUT2D eigenvalue weighted by Crippen LogP contribution is -2.48. The molecule has 0 atom stereocenters. The first-order chi connectivity index (χ1) is 23.9. The van der Waals surface area contributed by atoms with E-state index in [1.807, 2.05) is 6.20 Å². The lowest BCUT2D eigenvalue weighted by atomic mass is 9.48. The van der Waals surface area contributed by atoms with E-state index in [1.165, 1.54) is 93.3 Å². The molecule has 3 heteroatoms. The minimum Gasteiger partial charge on any atom is -0.309 e. The molecule has 4 bridgehead atoms. The van der Waals surface area contributed by atoms with Crippen LogP contribution < -0.4 is 0 Å². The lowest BCUT2D eigenvalue weighted by Gasteiger charge is -2.57. The maximum Gasteiger partial charge on any atom is 0.139 e. The van der Waals surface area contributed by atoms with Crippen LogP contribution in [0.25, 0.3) is 55.1 Å². The van der Waals surface area contributed by atoms with E-state index in [9.17, 15) is 0 Å². The summed E-state index contributed by atoms with van der Waals surface area (Å²) < 4.78 is 4.91. The largest absolute Gasteiger partial charge is 0.309 e. The Kier molecular flexibility index (Phi) is 6.30. The van der Waals surface area contributed by atoms with Crippen LogP contribution in [0.3, 0.4) is 0 Å². The minimum absolute atomic E-state index is 0.0691. The second-order valence-electron chi connectivity index (χ2n) is 18.5. The molecule has 4 aliphatic rings. The van der Waals surface area contributed by atoms with Gasteiger partial charge in [-0.25, -0.2) is 4.98 Å². The second-order valence-corrected chi connectivity index (χ2v) is 18.5. The fraction of sp³-hybridized carbons (Fsp3) is 0.383. The second kappa shape index (κ2) is 10.3. The average molecular weight is 656 g/mol. The van der Waals surface area contributed by atoms with E-state index >= 15 is 0 Å². The predicted octanol–water partition coefficient (Wildman–Crippen LogP) is 12.3. The van der Waals surface area contributed by atoms with Crippen molar-refractivity contribution in [2.24, 2.45) is 17.8 Å². The van der Waals surface area contributed by atoms with Crippen molar-refractivity contribution in [3.63, 3.8) is 0 Å². The number of rotatable bonds is 3. The molecule has 0 aliphatic heterocycles. The van der Waals surface area contributed by atoms with Crippen molar-refractivity contribution in [3.8, 4) is 11.5 Å². The van der Waals surface area contributed by atoms with E-state index in [0.717, 1.165) is 29.3 Å². The molecule has 0 spiro atoms. The van der Waals surface area contributed by atoms with Gasteiger partial charge in [0.2, 0.25) is 0 Å². The molecular weight excluding hydrogens is 607 g/mol. The SMILES string of the molecule is CC(C)(C)c1ccc2c(c1)c1cc(C(C)(C)C)ccc1n2-c1ccnc(-n2c3ccccc3c3ccc(C45CC6CC(CC(C6)C4)C5)cc32)c1. The van der Waals surface area contributed by atoms with E-state index in [0.29, 0.717) is 5.41 Å². The third kappa shape index (κ3) is 4.51. The molecule has 4 aromatic carbocycles. The van der Waals surface area contributed by atoms with Crippen LogP contribution in [0.15, 0.2) is 97.2 Å². The van der Waals surface area contributed by atoms with Crippen LogP contribution >= 0.6 is 0 Å². The number of hydrogen-bond donors (Lipinski definition) is 0. The van der Waals surface area contributed by atoms with Gasteiger partial charge in [0.05, 0.1) is 27.8 Å². The van der Waals surface area contributed by atoms with Gasteiger partial charge in [-0.2, -0.15) is 0 Å². The lowest BCUT2D eigenvalue weighted by molar-refractivity contribution is -0.00513. The molecule has 252 valence electrons. The number of nitrogens with zero attached hydrogens (tertiary/aromatic N) is 3. The molecule has 3 nitrogen and oxygen atoms in total. The Bertz CT molecular complexity index is 2380. The van der Waals surface area contributed by atoms with Gasteiger partial charge >= 0.3 is 0 Å². The zero-order valence-corrected chi connectivity index (χ0v) is 30.6. The number of pyridine rings is 1. The summed E-state index contributed by atoms with van der Waals surface area (Å²) in [6.45, 7) is 13.9. The standard InChI is InChI=1S/C47H49N3/c1-45(2,3)32-12-15-41-38(22-32)39-23-33(46(4,5)6)13-16-42(39)49(41)35-17-18-48-44(25-35)50-40-10-8-7-9-36(40)37-14-11-34(24-43(37)50)47-26-29-19-30(27-47)21-31(20-29)28-47/h7-18,22-25,29-31H,19-21,26-28H2,1-6H3. The van der Waals surface area contributed by atoms with Crippen molar-refractivity contribution in [1.29, 1.82) is 0 Å². The zero-order valence-electron chi connectivity index (χ0n) is 30.6. The first-order valence-corrected chi connectivity index (χ1v) is 19.0. The highest BCUT2D eigenvalue weighted by atomic mass is 15.1. The highest BCUT2D eigenvalue weighted by Gasteiger charge is 2.51. The summed E-state index contributed by atoms with van der Waals surface area (Å²) in [7, 11) is 0. The molecule has 0 radical (unpaired) electrons. The first-order valence-electron chi connectivity index (χ1n) is 19.0. The summed E-state index contributed by atoms with van der Waals surface area (Å²) in [6, 6.07) is 35.1. The van der Waals surface area contributed by atoms with Crippen LogP contribution in [0.1, 0.15) is 96.8 Å². The minimum atomic E-state index is 0.0691. The molecule has 0 saturated heterocycles. The number of benzene rings is 4. The Morgan fingerprint density at radius 3 is 1.70 bits per heavy atom. The molecule has 4 saturated carbocycles. The van der Waals surface area contributed by atoms with Gasteiger partial charge in [-0.3, -0.25) is 4.57 Å². The van der Waals surface area contributed by atoms with Gasteiger partial charge in [0, 0.05) is 33.8 Å². The molecule has 3 aromatic heterocycles. The first kappa shape index (κ1) is 30.5. The Balaban J connectivity index is 1.18. The van der Waals surface area contributed by atoms with E-state index in [-0.39, 0.29) is 10.8 Å². The molecule has 50 heavy (non-hydrogen) atoms. The summed E-state index contributed by atoms with van der Waals surface area (Å²) in [5.74, 6) is 3.74. The van der Waals surface area contributed by atoms with Crippen LogP contribution in [0.2, 0.25) is 0 Å².